The number of aromatic nitrogens is 1. The summed E-state index contributed by atoms with van der Waals surface area (Å²) >= 11 is 6.05. The monoisotopic (exact) mass is 305 g/mol. The van der Waals surface area contributed by atoms with Crippen LogP contribution < -0.4 is 10.6 Å². The maximum absolute atomic E-state index is 12.2. The molecule has 0 aliphatic rings. The second-order valence-electron chi connectivity index (χ2n) is 4.96. The van der Waals surface area contributed by atoms with Crippen LogP contribution in [0.15, 0.2) is 30.3 Å². The van der Waals surface area contributed by atoms with Gasteiger partial charge in [-0.1, -0.05) is 17.7 Å². The fourth-order valence-electron chi connectivity index (χ4n) is 2.40. The van der Waals surface area contributed by atoms with Crippen LogP contribution in [-0.2, 0) is 0 Å². The summed E-state index contributed by atoms with van der Waals surface area (Å²) in [5.74, 6) is -0.0494. The van der Waals surface area contributed by atoms with Gasteiger partial charge in [0.25, 0.3) is 5.91 Å². The first-order valence-electron chi connectivity index (χ1n) is 6.92. The van der Waals surface area contributed by atoms with E-state index in [0.717, 1.165) is 23.6 Å². The predicted molar refractivity (Wildman–Crippen MR) is 86.5 cm³/mol. The van der Waals surface area contributed by atoms with Crippen LogP contribution in [0.3, 0.4) is 0 Å². The van der Waals surface area contributed by atoms with Crippen LogP contribution in [0.4, 0.5) is 0 Å². The first kappa shape index (κ1) is 15.6. The highest BCUT2D eigenvalue weighted by molar-refractivity contribution is 6.30. The fraction of sp³-hybridized carbons (Fsp3) is 0.312. The van der Waals surface area contributed by atoms with Gasteiger partial charge >= 0.3 is 0 Å². The minimum atomic E-state index is -0.0494. The van der Waals surface area contributed by atoms with E-state index in [0.29, 0.717) is 17.1 Å². The molecule has 1 aromatic heterocycles. The zero-order chi connectivity index (χ0) is 15.4. The van der Waals surface area contributed by atoms with Crippen molar-refractivity contribution in [3.63, 3.8) is 0 Å². The number of carbonyl (C=O) groups excluding carboxylic acids is 1. The van der Waals surface area contributed by atoms with E-state index in [-0.39, 0.29) is 5.91 Å². The van der Waals surface area contributed by atoms with E-state index in [1.54, 1.807) is 0 Å². The van der Waals surface area contributed by atoms with Crippen molar-refractivity contribution in [3.05, 3.63) is 52.3 Å². The Morgan fingerprint density at radius 2 is 2.00 bits per heavy atom. The van der Waals surface area contributed by atoms with E-state index in [4.69, 9.17) is 11.6 Å². The quantitative estimate of drug-likeness (QED) is 0.834. The van der Waals surface area contributed by atoms with Crippen molar-refractivity contribution >= 4 is 17.5 Å². The molecule has 1 heterocycles. The zero-order valence-electron chi connectivity index (χ0n) is 12.5. The molecule has 2 aromatic rings. The van der Waals surface area contributed by atoms with Crippen LogP contribution in [-0.4, -0.2) is 30.6 Å². The van der Waals surface area contributed by atoms with Crippen LogP contribution in [0.1, 0.15) is 21.7 Å². The molecule has 0 bridgehead atoms. The summed E-state index contributed by atoms with van der Waals surface area (Å²) in [6.07, 6.45) is 0. The third-order valence-corrected chi connectivity index (χ3v) is 3.64. The van der Waals surface area contributed by atoms with Crippen LogP contribution in [0, 0.1) is 13.8 Å². The Kier molecular flexibility index (Phi) is 5.04. The third kappa shape index (κ3) is 3.46. The smallest absolute Gasteiger partial charge is 0.253 e. The molecule has 1 amide bonds. The summed E-state index contributed by atoms with van der Waals surface area (Å²) in [7, 11) is 1.86. The van der Waals surface area contributed by atoms with E-state index < -0.39 is 0 Å². The molecule has 1 aromatic carbocycles. The summed E-state index contributed by atoms with van der Waals surface area (Å²) < 4.78 is 2.04. The maximum Gasteiger partial charge on any atom is 0.253 e. The summed E-state index contributed by atoms with van der Waals surface area (Å²) in [6, 6.07) is 9.53. The Morgan fingerprint density at radius 3 is 2.67 bits per heavy atom. The van der Waals surface area contributed by atoms with Crippen molar-refractivity contribution in [2.24, 2.45) is 0 Å². The second kappa shape index (κ2) is 6.78. The number of aryl methyl sites for hydroxylation is 1. The first-order chi connectivity index (χ1) is 10.0. The normalized spacial score (nSPS) is 10.7. The SMILES string of the molecule is CNCCNC(=O)c1cc(C)n(-c2cccc(Cl)c2)c1C. The Morgan fingerprint density at radius 1 is 1.24 bits per heavy atom. The summed E-state index contributed by atoms with van der Waals surface area (Å²) in [6.45, 7) is 5.29. The van der Waals surface area contributed by atoms with Gasteiger partial charge in [-0.2, -0.15) is 0 Å². The number of hydrogen-bond acceptors (Lipinski definition) is 2. The molecule has 0 spiro atoms. The van der Waals surface area contributed by atoms with E-state index in [1.165, 1.54) is 0 Å². The molecule has 2 rings (SSSR count). The van der Waals surface area contributed by atoms with Crippen LogP contribution in [0.25, 0.3) is 5.69 Å². The standard InChI is InChI=1S/C16H20ClN3O/c1-11-9-15(16(21)19-8-7-18-3)12(2)20(11)14-6-4-5-13(17)10-14/h4-6,9-10,18H,7-8H2,1-3H3,(H,19,21). The molecule has 0 radical (unpaired) electrons. The van der Waals surface area contributed by atoms with E-state index in [9.17, 15) is 4.79 Å². The Hall–Kier alpha value is -1.78. The molecule has 0 aliphatic carbocycles. The van der Waals surface area contributed by atoms with Gasteiger partial charge in [-0.05, 0) is 45.2 Å². The molecule has 0 saturated carbocycles. The molecule has 21 heavy (non-hydrogen) atoms. The Bertz CT molecular complexity index is 649. The molecular weight excluding hydrogens is 286 g/mol. The molecule has 4 nitrogen and oxygen atoms in total. The first-order valence-corrected chi connectivity index (χ1v) is 7.30. The molecule has 5 heteroatoms. The molecule has 0 fully saturated rings. The van der Waals surface area contributed by atoms with Crippen molar-refractivity contribution in [3.8, 4) is 5.69 Å². The number of nitrogens with zero attached hydrogens (tertiary/aromatic N) is 1. The highest BCUT2D eigenvalue weighted by Crippen LogP contribution is 2.22. The lowest BCUT2D eigenvalue weighted by molar-refractivity contribution is 0.0953. The van der Waals surface area contributed by atoms with E-state index in [1.807, 2.05) is 55.8 Å². The molecule has 0 atom stereocenters. The molecule has 2 N–H and O–H groups in total. The third-order valence-electron chi connectivity index (χ3n) is 3.40. The van der Waals surface area contributed by atoms with Gasteiger partial charge in [0.2, 0.25) is 0 Å². The molecule has 0 unspecified atom stereocenters. The van der Waals surface area contributed by atoms with Crippen molar-refractivity contribution in [1.82, 2.24) is 15.2 Å². The van der Waals surface area contributed by atoms with Gasteiger partial charge in [-0.25, -0.2) is 0 Å². The number of halogens is 1. The average molecular weight is 306 g/mol. The fourth-order valence-corrected chi connectivity index (χ4v) is 2.59. The van der Waals surface area contributed by atoms with Gasteiger partial charge in [0.15, 0.2) is 0 Å². The average Bonchev–Trinajstić information content (AvgIpc) is 2.74. The lowest BCUT2D eigenvalue weighted by Gasteiger charge is -2.10. The number of carbonyl (C=O) groups is 1. The van der Waals surface area contributed by atoms with Gasteiger partial charge in [0.1, 0.15) is 0 Å². The van der Waals surface area contributed by atoms with Gasteiger partial charge in [-0.3, -0.25) is 4.79 Å². The largest absolute Gasteiger partial charge is 0.351 e. The number of amides is 1. The molecule has 0 saturated heterocycles. The zero-order valence-corrected chi connectivity index (χ0v) is 13.3. The number of likely N-dealkylation sites (N-methyl/N-ethyl adjacent to an activating group) is 1. The predicted octanol–water partition coefficient (Wildman–Crippen LogP) is 2.70. The van der Waals surface area contributed by atoms with Gasteiger partial charge in [0.05, 0.1) is 5.56 Å². The number of rotatable bonds is 5. The molecule has 112 valence electrons. The maximum atomic E-state index is 12.2. The lowest BCUT2D eigenvalue weighted by Crippen LogP contribution is -2.30. The second-order valence-corrected chi connectivity index (χ2v) is 5.40. The number of hydrogen-bond donors (Lipinski definition) is 2. The van der Waals surface area contributed by atoms with Crippen LogP contribution in [0.2, 0.25) is 5.02 Å². The minimum absolute atomic E-state index is 0.0494. The van der Waals surface area contributed by atoms with Crippen LogP contribution in [0.5, 0.6) is 0 Å². The highest BCUT2D eigenvalue weighted by Gasteiger charge is 2.16. The van der Waals surface area contributed by atoms with Crippen molar-refractivity contribution < 1.29 is 4.79 Å². The number of benzene rings is 1. The van der Waals surface area contributed by atoms with Crippen molar-refractivity contribution in [1.29, 1.82) is 0 Å². The topological polar surface area (TPSA) is 46.1 Å². The minimum Gasteiger partial charge on any atom is -0.351 e. The van der Waals surface area contributed by atoms with E-state index in [2.05, 4.69) is 10.6 Å². The summed E-state index contributed by atoms with van der Waals surface area (Å²) in [5, 5.41) is 6.59. The Balaban J connectivity index is 2.31. The number of nitrogens with one attached hydrogen (secondary N) is 2. The lowest BCUT2D eigenvalue weighted by atomic mass is 10.2. The van der Waals surface area contributed by atoms with Gasteiger partial charge < -0.3 is 15.2 Å². The van der Waals surface area contributed by atoms with Gasteiger partial charge in [-0.15, -0.1) is 0 Å². The van der Waals surface area contributed by atoms with Crippen molar-refractivity contribution in [2.75, 3.05) is 20.1 Å². The summed E-state index contributed by atoms with van der Waals surface area (Å²) in [5.41, 5.74) is 3.58. The highest BCUT2D eigenvalue weighted by atomic mass is 35.5. The Labute approximate surface area is 130 Å². The van der Waals surface area contributed by atoms with E-state index >= 15 is 0 Å². The summed E-state index contributed by atoms with van der Waals surface area (Å²) in [4.78, 5) is 12.2. The molecule has 0 aliphatic heterocycles. The van der Waals surface area contributed by atoms with Crippen molar-refractivity contribution in [2.45, 2.75) is 13.8 Å². The van der Waals surface area contributed by atoms with Crippen LogP contribution >= 0.6 is 11.6 Å². The molecular formula is C16H20ClN3O. The van der Waals surface area contributed by atoms with Gasteiger partial charge in [0, 0.05) is 35.2 Å².